The third-order valence-corrected chi connectivity index (χ3v) is 3.70. The van der Waals surface area contributed by atoms with Crippen molar-refractivity contribution < 1.29 is 12.8 Å². The van der Waals surface area contributed by atoms with Crippen molar-refractivity contribution in [3.8, 4) is 0 Å². The molecule has 0 spiro atoms. The van der Waals surface area contributed by atoms with E-state index in [4.69, 9.17) is 4.42 Å². The van der Waals surface area contributed by atoms with Crippen molar-refractivity contribution in [3.63, 3.8) is 0 Å². The van der Waals surface area contributed by atoms with E-state index in [1.54, 1.807) is 6.07 Å². The first-order valence-electron chi connectivity index (χ1n) is 5.00. The highest BCUT2D eigenvalue weighted by Crippen LogP contribution is 2.14. The van der Waals surface area contributed by atoms with Crippen molar-refractivity contribution in [2.75, 3.05) is 14.1 Å². The Balaban J connectivity index is 2.15. The fraction of sp³-hybridized carbons (Fsp3) is 0.300. The van der Waals surface area contributed by atoms with E-state index in [9.17, 15) is 8.42 Å². The van der Waals surface area contributed by atoms with E-state index in [-0.39, 0.29) is 6.54 Å². The Morgan fingerprint density at radius 2 is 2.06 bits per heavy atom. The average molecular weight is 255 g/mol. The molecule has 2 rings (SSSR count). The summed E-state index contributed by atoms with van der Waals surface area (Å²) in [6, 6.07) is 7.27. The van der Waals surface area contributed by atoms with Crippen LogP contribution in [-0.2, 0) is 16.8 Å². The van der Waals surface area contributed by atoms with E-state index < -0.39 is 10.2 Å². The molecule has 17 heavy (non-hydrogen) atoms. The van der Waals surface area contributed by atoms with Crippen LogP contribution in [0.4, 0.5) is 0 Å². The largest absolute Gasteiger partial charge is 0.439 e. The molecule has 92 valence electrons. The number of hydrogen-bond acceptors (Lipinski definition) is 4. The van der Waals surface area contributed by atoms with E-state index in [1.807, 2.05) is 18.2 Å². The van der Waals surface area contributed by atoms with Crippen molar-refractivity contribution >= 4 is 21.3 Å². The molecule has 1 heterocycles. The molecule has 0 aliphatic rings. The van der Waals surface area contributed by atoms with Crippen LogP contribution in [0.3, 0.4) is 0 Å². The van der Waals surface area contributed by atoms with E-state index in [0.717, 1.165) is 4.31 Å². The monoisotopic (exact) mass is 255 g/mol. The normalized spacial score (nSPS) is 12.4. The topological polar surface area (TPSA) is 75.4 Å². The van der Waals surface area contributed by atoms with Crippen molar-refractivity contribution in [2.24, 2.45) is 0 Å². The minimum atomic E-state index is -3.45. The molecule has 7 heteroatoms. The van der Waals surface area contributed by atoms with Gasteiger partial charge in [-0.05, 0) is 12.1 Å². The standard InChI is InChI=1S/C10H13N3O3S/c1-13(2)17(14,15)11-7-10-12-8-5-3-4-6-9(8)16-10/h3-6,11H,7H2,1-2H3. The number of nitrogens with one attached hydrogen (secondary N) is 1. The van der Waals surface area contributed by atoms with E-state index in [1.165, 1.54) is 14.1 Å². The maximum Gasteiger partial charge on any atom is 0.279 e. The predicted octanol–water partition coefficient (Wildman–Crippen LogP) is 0.724. The number of oxazole rings is 1. The van der Waals surface area contributed by atoms with Crippen LogP contribution in [0, 0.1) is 0 Å². The lowest BCUT2D eigenvalue weighted by molar-refractivity contribution is 0.483. The first kappa shape index (κ1) is 12.0. The molecule has 1 aromatic heterocycles. The van der Waals surface area contributed by atoms with E-state index in [2.05, 4.69) is 9.71 Å². The Kier molecular flexibility index (Phi) is 3.14. The summed E-state index contributed by atoms with van der Waals surface area (Å²) in [6.45, 7) is 0.0369. The van der Waals surface area contributed by atoms with Gasteiger partial charge in [-0.25, -0.2) is 4.98 Å². The van der Waals surface area contributed by atoms with Crippen LogP contribution in [0.15, 0.2) is 28.7 Å². The molecule has 0 saturated carbocycles. The number of rotatable bonds is 4. The number of aromatic nitrogens is 1. The van der Waals surface area contributed by atoms with Gasteiger partial charge in [0.05, 0.1) is 6.54 Å². The Morgan fingerprint density at radius 1 is 1.35 bits per heavy atom. The van der Waals surface area contributed by atoms with Gasteiger partial charge in [0.15, 0.2) is 5.58 Å². The molecule has 0 aliphatic carbocycles. The first-order chi connectivity index (χ1) is 7.99. The second-order valence-corrected chi connectivity index (χ2v) is 5.65. The summed E-state index contributed by atoms with van der Waals surface area (Å²) >= 11 is 0. The van der Waals surface area contributed by atoms with Crippen molar-refractivity contribution in [1.82, 2.24) is 14.0 Å². The van der Waals surface area contributed by atoms with Crippen LogP contribution in [0.25, 0.3) is 11.1 Å². The van der Waals surface area contributed by atoms with Gasteiger partial charge in [0.2, 0.25) is 5.89 Å². The third-order valence-electron chi connectivity index (χ3n) is 2.22. The van der Waals surface area contributed by atoms with Gasteiger partial charge in [-0.1, -0.05) is 12.1 Å². The molecule has 0 unspecified atom stereocenters. The zero-order valence-corrected chi connectivity index (χ0v) is 10.4. The van der Waals surface area contributed by atoms with Crippen LogP contribution in [0.2, 0.25) is 0 Å². The summed E-state index contributed by atoms with van der Waals surface area (Å²) in [4.78, 5) is 4.16. The Hall–Kier alpha value is -1.44. The highest BCUT2D eigenvalue weighted by Gasteiger charge is 2.14. The SMILES string of the molecule is CN(C)S(=O)(=O)NCc1nc2ccccc2o1. The van der Waals surface area contributed by atoms with Crippen LogP contribution >= 0.6 is 0 Å². The smallest absolute Gasteiger partial charge is 0.279 e. The molecule has 1 N–H and O–H groups in total. The van der Waals surface area contributed by atoms with Gasteiger partial charge in [-0.3, -0.25) is 0 Å². The van der Waals surface area contributed by atoms with Crippen LogP contribution in [-0.4, -0.2) is 31.8 Å². The predicted molar refractivity (Wildman–Crippen MR) is 63.5 cm³/mol. The quantitative estimate of drug-likeness (QED) is 0.873. The van der Waals surface area contributed by atoms with Gasteiger partial charge in [0.25, 0.3) is 10.2 Å². The third kappa shape index (κ3) is 2.63. The lowest BCUT2D eigenvalue weighted by Crippen LogP contribution is -2.35. The van der Waals surface area contributed by atoms with Crippen molar-refractivity contribution in [2.45, 2.75) is 6.54 Å². The van der Waals surface area contributed by atoms with Gasteiger partial charge in [0.1, 0.15) is 5.52 Å². The average Bonchev–Trinajstić information content (AvgIpc) is 2.69. The number of benzene rings is 1. The summed E-state index contributed by atoms with van der Waals surface area (Å²) in [7, 11) is -0.545. The molecule has 0 radical (unpaired) electrons. The molecular weight excluding hydrogens is 242 g/mol. The summed E-state index contributed by atoms with van der Waals surface area (Å²) < 4.78 is 31.8. The number of fused-ring (bicyclic) bond motifs is 1. The second kappa shape index (κ2) is 4.44. The minimum Gasteiger partial charge on any atom is -0.439 e. The molecule has 2 aromatic rings. The maximum atomic E-state index is 11.5. The highest BCUT2D eigenvalue weighted by atomic mass is 32.2. The van der Waals surface area contributed by atoms with Crippen molar-refractivity contribution in [3.05, 3.63) is 30.2 Å². The molecule has 0 atom stereocenters. The van der Waals surface area contributed by atoms with Crippen LogP contribution in [0.5, 0.6) is 0 Å². The van der Waals surface area contributed by atoms with Gasteiger partial charge >= 0.3 is 0 Å². The molecule has 0 fully saturated rings. The summed E-state index contributed by atoms with van der Waals surface area (Å²) in [5, 5.41) is 0. The van der Waals surface area contributed by atoms with Crippen molar-refractivity contribution in [1.29, 1.82) is 0 Å². The summed E-state index contributed by atoms with van der Waals surface area (Å²) in [6.07, 6.45) is 0. The summed E-state index contributed by atoms with van der Waals surface area (Å²) in [5.74, 6) is 0.344. The minimum absolute atomic E-state index is 0.0369. The zero-order valence-electron chi connectivity index (χ0n) is 9.54. The van der Waals surface area contributed by atoms with Crippen LogP contribution in [0.1, 0.15) is 5.89 Å². The van der Waals surface area contributed by atoms with Gasteiger partial charge in [-0.2, -0.15) is 17.4 Å². The molecule has 0 bridgehead atoms. The first-order valence-corrected chi connectivity index (χ1v) is 6.44. The van der Waals surface area contributed by atoms with Crippen LogP contribution < -0.4 is 4.72 Å². The van der Waals surface area contributed by atoms with E-state index in [0.29, 0.717) is 17.0 Å². The number of nitrogens with zero attached hydrogens (tertiary/aromatic N) is 2. The number of para-hydroxylation sites is 2. The molecule has 0 aliphatic heterocycles. The van der Waals surface area contributed by atoms with Gasteiger partial charge in [-0.15, -0.1) is 0 Å². The molecule has 1 aromatic carbocycles. The fourth-order valence-corrected chi connectivity index (χ4v) is 1.84. The lowest BCUT2D eigenvalue weighted by atomic mass is 10.3. The highest BCUT2D eigenvalue weighted by molar-refractivity contribution is 7.87. The molecule has 0 saturated heterocycles. The Labute approximate surface area is 99.4 Å². The Morgan fingerprint density at radius 3 is 2.71 bits per heavy atom. The number of hydrogen-bond donors (Lipinski definition) is 1. The van der Waals surface area contributed by atoms with Gasteiger partial charge in [0, 0.05) is 14.1 Å². The summed E-state index contributed by atoms with van der Waals surface area (Å²) in [5.41, 5.74) is 1.36. The lowest BCUT2D eigenvalue weighted by Gasteiger charge is -2.10. The van der Waals surface area contributed by atoms with Gasteiger partial charge < -0.3 is 4.42 Å². The molecule has 0 amide bonds. The molecule has 6 nitrogen and oxygen atoms in total. The fourth-order valence-electron chi connectivity index (χ4n) is 1.28. The molecular formula is C10H13N3O3S. The maximum absolute atomic E-state index is 11.5. The Bertz CT molecular complexity index is 586. The zero-order chi connectivity index (χ0) is 12.5. The second-order valence-electron chi connectivity index (χ2n) is 3.68. The van der Waals surface area contributed by atoms with E-state index >= 15 is 0 Å².